The third kappa shape index (κ3) is 6.19. The summed E-state index contributed by atoms with van der Waals surface area (Å²) in [5.41, 5.74) is 6.76. The summed E-state index contributed by atoms with van der Waals surface area (Å²) in [7, 11) is 0. The van der Waals surface area contributed by atoms with Crippen molar-refractivity contribution in [2.45, 2.75) is 32.9 Å². The number of benzene rings is 2. The molecule has 0 aliphatic heterocycles. The van der Waals surface area contributed by atoms with Crippen molar-refractivity contribution in [1.82, 2.24) is 5.32 Å². The SMILES string of the molecule is CC1(C(=O)NCc2ccc(Cl)c(C(=O)O)c2)CC1.NCc1ccc(Cl)c(C(=O)O)c1. The number of hydrogen-bond donors (Lipinski definition) is 4. The van der Waals surface area contributed by atoms with E-state index in [0.29, 0.717) is 13.1 Å². The first-order valence-electron chi connectivity index (χ1n) is 9.09. The lowest BCUT2D eigenvalue weighted by atomic mass is 10.1. The molecule has 3 rings (SSSR count). The monoisotopic (exact) mass is 452 g/mol. The second-order valence-corrected chi connectivity index (χ2v) is 8.00. The van der Waals surface area contributed by atoms with Gasteiger partial charge < -0.3 is 21.3 Å². The van der Waals surface area contributed by atoms with Gasteiger partial charge in [0, 0.05) is 18.5 Å². The van der Waals surface area contributed by atoms with Crippen molar-refractivity contribution >= 4 is 41.0 Å². The molecule has 30 heavy (non-hydrogen) atoms. The molecule has 160 valence electrons. The van der Waals surface area contributed by atoms with Gasteiger partial charge in [-0.15, -0.1) is 0 Å². The van der Waals surface area contributed by atoms with Crippen molar-refractivity contribution < 1.29 is 24.6 Å². The highest BCUT2D eigenvalue weighted by molar-refractivity contribution is 6.33. The minimum Gasteiger partial charge on any atom is -0.478 e. The maximum Gasteiger partial charge on any atom is 0.337 e. The fourth-order valence-electron chi connectivity index (χ4n) is 2.52. The summed E-state index contributed by atoms with van der Waals surface area (Å²) < 4.78 is 0. The number of nitrogens with one attached hydrogen (secondary N) is 1. The van der Waals surface area contributed by atoms with Crippen LogP contribution < -0.4 is 11.1 Å². The Morgan fingerprint density at radius 1 is 0.967 bits per heavy atom. The van der Waals surface area contributed by atoms with Crippen LogP contribution in [0.25, 0.3) is 0 Å². The zero-order chi connectivity index (χ0) is 22.5. The molecular weight excluding hydrogens is 431 g/mol. The Bertz CT molecular complexity index is 974. The summed E-state index contributed by atoms with van der Waals surface area (Å²) in [5.74, 6) is -2.08. The molecule has 1 aliphatic rings. The first-order valence-corrected chi connectivity index (χ1v) is 9.85. The fourth-order valence-corrected chi connectivity index (χ4v) is 2.92. The summed E-state index contributed by atoms with van der Waals surface area (Å²) in [6.07, 6.45) is 1.83. The van der Waals surface area contributed by atoms with E-state index in [1.54, 1.807) is 12.1 Å². The zero-order valence-corrected chi connectivity index (χ0v) is 17.8. The van der Waals surface area contributed by atoms with E-state index in [4.69, 9.17) is 39.1 Å². The molecule has 1 aliphatic carbocycles. The van der Waals surface area contributed by atoms with E-state index < -0.39 is 11.9 Å². The number of aromatic carboxylic acids is 2. The maximum atomic E-state index is 11.7. The lowest BCUT2D eigenvalue weighted by Gasteiger charge is -2.10. The van der Waals surface area contributed by atoms with Gasteiger partial charge in [0.2, 0.25) is 5.91 Å². The van der Waals surface area contributed by atoms with Gasteiger partial charge in [0.05, 0.1) is 21.2 Å². The van der Waals surface area contributed by atoms with E-state index >= 15 is 0 Å². The minimum absolute atomic E-state index is 0.0225. The first-order chi connectivity index (χ1) is 14.1. The lowest BCUT2D eigenvalue weighted by molar-refractivity contribution is -0.125. The molecule has 0 saturated heterocycles. The third-order valence-electron chi connectivity index (χ3n) is 4.76. The van der Waals surface area contributed by atoms with Crippen molar-refractivity contribution in [2.24, 2.45) is 11.1 Å². The molecule has 1 amide bonds. The van der Waals surface area contributed by atoms with E-state index in [9.17, 15) is 14.4 Å². The Morgan fingerprint density at radius 3 is 1.87 bits per heavy atom. The predicted molar refractivity (Wildman–Crippen MR) is 114 cm³/mol. The normalized spacial score (nSPS) is 13.6. The smallest absolute Gasteiger partial charge is 0.337 e. The largest absolute Gasteiger partial charge is 0.478 e. The van der Waals surface area contributed by atoms with E-state index in [0.717, 1.165) is 24.0 Å². The molecule has 0 atom stereocenters. The maximum absolute atomic E-state index is 11.7. The molecule has 2 aromatic carbocycles. The molecule has 0 radical (unpaired) electrons. The molecule has 0 spiro atoms. The van der Waals surface area contributed by atoms with Gasteiger partial charge in [0.15, 0.2) is 0 Å². The van der Waals surface area contributed by atoms with Crippen LogP contribution in [0.5, 0.6) is 0 Å². The standard InChI is InChI=1S/C13H14ClNO3.C8H8ClNO2/c1-13(4-5-13)12(18)15-7-8-2-3-10(14)9(6-8)11(16)17;9-7-2-1-5(4-10)3-6(7)8(11)12/h2-3,6H,4-5,7H2,1H3,(H,15,18)(H,16,17);1-3H,4,10H2,(H,11,12). The van der Waals surface area contributed by atoms with Crippen molar-refractivity contribution in [3.8, 4) is 0 Å². The van der Waals surface area contributed by atoms with Crippen LogP contribution >= 0.6 is 23.2 Å². The summed E-state index contributed by atoms with van der Waals surface area (Å²) in [6, 6.07) is 9.45. The number of amides is 1. The van der Waals surface area contributed by atoms with Crippen molar-refractivity contribution in [1.29, 1.82) is 0 Å². The number of hydrogen-bond acceptors (Lipinski definition) is 4. The summed E-state index contributed by atoms with van der Waals surface area (Å²) in [5, 5.41) is 20.8. The average molecular weight is 453 g/mol. The number of carbonyl (C=O) groups excluding carboxylic acids is 1. The predicted octanol–water partition coefficient (Wildman–Crippen LogP) is 3.95. The van der Waals surface area contributed by atoms with Gasteiger partial charge in [0.25, 0.3) is 0 Å². The highest BCUT2D eigenvalue weighted by Crippen LogP contribution is 2.45. The number of nitrogens with two attached hydrogens (primary N) is 1. The van der Waals surface area contributed by atoms with Gasteiger partial charge in [-0.05, 0) is 48.2 Å². The van der Waals surface area contributed by atoms with Crippen molar-refractivity contribution in [3.63, 3.8) is 0 Å². The average Bonchev–Trinajstić information content (AvgIpc) is 3.46. The van der Waals surface area contributed by atoms with Gasteiger partial charge >= 0.3 is 11.9 Å². The van der Waals surface area contributed by atoms with Gasteiger partial charge in [0.1, 0.15) is 0 Å². The van der Waals surface area contributed by atoms with Crippen LogP contribution in [0.2, 0.25) is 10.0 Å². The molecule has 7 nitrogen and oxygen atoms in total. The van der Waals surface area contributed by atoms with E-state index in [2.05, 4.69) is 5.32 Å². The van der Waals surface area contributed by atoms with Crippen LogP contribution in [0.1, 0.15) is 51.6 Å². The fraction of sp³-hybridized carbons (Fsp3) is 0.286. The number of carbonyl (C=O) groups is 3. The van der Waals surface area contributed by atoms with Gasteiger partial charge in [-0.2, -0.15) is 0 Å². The molecule has 0 heterocycles. The third-order valence-corrected chi connectivity index (χ3v) is 5.42. The molecule has 0 unspecified atom stereocenters. The molecule has 1 saturated carbocycles. The number of halogens is 2. The molecular formula is C21H22Cl2N2O5. The molecule has 1 fully saturated rings. The van der Waals surface area contributed by atoms with Crippen LogP contribution in [0, 0.1) is 5.41 Å². The molecule has 9 heteroatoms. The zero-order valence-electron chi connectivity index (χ0n) is 16.2. The Morgan fingerprint density at radius 2 is 1.43 bits per heavy atom. The topological polar surface area (TPSA) is 130 Å². The Hall–Kier alpha value is -2.61. The molecule has 2 aromatic rings. The quantitative estimate of drug-likeness (QED) is 0.524. The van der Waals surface area contributed by atoms with Gasteiger partial charge in [-0.1, -0.05) is 42.3 Å². The highest BCUT2D eigenvalue weighted by Gasteiger charge is 2.44. The Kier molecular flexibility index (Phi) is 7.83. The lowest BCUT2D eigenvalue weighted by Crippen LogP contribution is -2.29. The summed E-state index contributed by atoms with van der Waals surface area (Å²) >= 11 is 11.4. The van der Waals surface area contributed by atoms with Crippen molar-refractivity contribution in [3.05, 3.63) is 68.7 Å². The van der Waals surface area contributed by atoms with Crippen molar-refractivity contribution in [2.75, 3.05) is 0 Å². The van der Waals surface area contributed by atoms with Crippen LogP contribution in [0.4, 0.5) is 0 Å². The van der Waals surface area contributed by atoms with E-state index in [1.807, 2.05) is 6.92 Å². The second kappa shape index (κ2) is 9.93. The summed E-state index contributed by atoms with van der Waals surface area (Å²) in [4.78, 5) is 33.2. The second-order valence-electron chi connectivity index (χ2n) is 7.19. The Labute approximate surface area is 183 Å². The molecule has 5 N–H and O–H groups in total. The molecule has 0 bridgehead atoms. The highest BCUT2D eigenvalue weighted by atomic mass is 35.5. The van der Waals surface area contributed by atoms with Crippen LogP contribution in [-0.4, -0.2) is 28.1 Å². The number of carboxylic acids is 2. The van der Waals surface area contributed by atoms with Crippen LogP contribution in [-0.2, 0) is 17.9 Å². The minimum atomic E-state index is -1.07. The molecule has 0 aromatic heterocycles. The van der Waals surface area contributed by atoms with Crippen LogP contribution in [0.15, 0.2) is 36.4 Å². The van der Waals surface area contributed by atoms with Gasteiger partial charge in [-0.25, -0.2) is 9.59 Å². The number of rotatable bonds is 6. The van der Waals surface area contributed by atoms with E-state index in [1.165, 1.54) is 24.3 Å². The van der Waals surface area contributed by atoms with Gasteiger partial charge in [-0.3, -0.25) is 4.79 Å². The summed E-state index contributed by atoms with van der Waals surface area (Å²) in [6.45, 7) is 2.57. The first kappa shape index (κ1) is 23.7. The van der Waals surface area contributed by atoms with E-state index in [-0.39, 0.29) is 32.5 Å². The Balaban J connectivity index is 0.000000232. The van der Waals surface area contributed by atoms with Crippen LogP contribution in [0.3, 0.4) is 0 Å². The number of carboxylic acid groups (broad SMARTS) is 2.